The molecule has 0 fully saturated rings. The summed E-state index contributed by atoms with van der Waals surface area (Å²) in [6.07, 6.45) is 7.48. The number of nitrogens with zero attached hydrogens (tertiary/aromatic N) is 5. The van der Waals surface area contributed by atoms with Crippen LogP contribution in [0.3, 0.4) is 0 Å². The molecule has 0 aliphatic rings. The number of rotatable bonds is 8. The van der Waals surface area contributed by atoms with Crippen molar-refractivity contribution in [2.75, 3.05) is 6.54 Å². The van der Waals surface area contributed by atoms with E-state index in [1.165, 1.54) is 6.08 Å². The molecular formula is C24H26N6O2. The number of aryl methyl sites for hydroxylation is 1. The lowest BCUT2D eigenvalue weighted by molar-refractivity contribution is -0.116. The highest BCUT2D eigenvalue weighted by Gasteiger charge is 2.14. The van der Waals surface area contributed by atoms with Crippen molar-refractivity contribution in [3.8, 4) is 17.1 Å². The summed E-state index contributed by atoms with van der Waals surface area (Å²) in [5, 5.41) is 15.7. The smallest absolute Gasteiger partial charge is 0.244 e. The maximum absolute atomic E-state index is 12.4. The SMILES string of the molecule is Cc1ccc(-c2nn(-c3ccccc3)cc2C=CC(=O)NCCc2nncn2C(C)C)o1. The summed E-state index contributed by atoms with van der Waals surface area (Å²) in [6.45, 7) is 6.51. The number of aromatic nitrogens is 5. The molecule has 0 spiro atoms. The molecule has 0 aliphatic carbocycles. The molecule has 8 heteroatoms. The van der Waals surface area contributed by atoms with E-state index in [4.69, 9.17) is 4.42 Å². The summed E-state index contributed by atoms with van der Waals surface area (Å²) in [5.74, 6) is 2.12. The van der Waals surface area contributed by atoms with Crippen molar-refractivity contribution in [3.63, 3.8) is 0 Å². The third-order valence-corrected chi connectivity index (χ3v) is 5.00. The maximum atomic E-state index is 12.4. The Morgan fingerprint density at radius 3 is 2.72 bits per heavy atom. The largest absolute Gasteiger partial charge is 0.460 e. The van der Waals surface area contributed by atoms with Crippen LogP contribution < -0.4 is 5.32 Å². The highest BCUT2D eigenvalue weighted by molar-refractivity contribution is 5.92. The zero-order valence-electron chi connectivity index (χ0n) is 18.4. The Balaban J connectivity index is 1.48. The molecule has 3 heterocycles. The zero-order chi connectivity index (χ0) is 22.5. The summed E-state index contributed by atoms with van der Waals surface area (Å²) in [7, 11) is 0. The Bertz CT molecular complexity index is 1220. The van der Waals surface area contributed by atoms with Crippen LogP contribution in [0.4, 0.5) is 0 Å². The molecule has 0 atom stereocenters. The topological polar surface area (TPSA) is 90.8 Å². The van der Waals surface area contributed by atoms with Crippen LogP contribution in [0.5, 0.6) is 0 Å². The zero-order valence-corrected chi connectivity index (χ0v) is 18.4. The third kappa shape index (κ3) is 4.85. The second-order valence-corrected chi connectivity index (χ2v) is 7.75. The summed E-state index contributed by atoms with van der Waals surface area (Å²) in [6, 6.07) is 13.9. The fraction of sp³-hybridized carbons (Fsp3) is 0.250. The molecular weight excluding hydrogens is 404 g/mol. The van der Waals surface area contributed by atoms with Crippen LogP contribution in [-0.4, -0.2) is 37.0 Å². The number of para-hydroxylation sites is 1. The van der Waals surface area contributed by atoms with Crippen LogP contribution >= 0.6 is 0 Å². The van der Waals surface area contributed by atoms with Crippen LogP contribution in [0.25, 0.3) is 23.2 Å². The van der Waals surface area contributed by atoms with Crippen molar-refractivity contribution < 1.29 is 9.21 Å². The van der Waals surface area contributed by atoms with Crippen LogP contribution in [0.1, 0.15) is 37.0 Å². The number of amides is 1. The van der Waals surface area contributed by atoms with Crippen LogP contribution in [0.2, 0.25) is 0 Å². The molecule has 4 rings (SSSR count). The van der Waals surface area contributed by atoms with Gasteiger partial charge in [-0.3, -0.25) is 4.79 Å². The molecule has 8 nitrogen and oxygen atoms in total. The quantitative estimate of drug-likeness (QED) is 0.427. The Hall–Kier alpha value is -3.94. The minimum Gasteiger partial charge on any atom is -0.460 e. The average Bonchev–Trinajstić information content (AvgIpc) is 3.52. The molecule has 0 aliphatic heterocycles. The highest BCUT2D eigenvalue weighted by Crippen LogP contribution is 2.26. The second-order valence-electron chi connectivity index (χ2n) is 7.75. The van der Waals surface area contributed by atoms with Gasteiger partial charge in [0, 0.05) is 36.8 Å². The van der Waals surface area contributed by atoms with Gasteiger partial charge in [-0.15, -0.1) is 10.2 Å². The summed E-state index contributed by atoms with van der Waals surface area (Å²) in [5.41, 5.74) is 2.39. The standard InChI is InChI=1S/C24H26N6O2/c1-17(2)29-16-26-27-22(29)13-14-25-23(31)12-10-19-15-30(20-7-5-4-6-8-20)28-24(19)21-11-9-18(3)32-21/h4-12,15-17H,13-14H2,1-3H3,(H,25,31). The van der Waals surface area contributed by atoms with Gasteiger partial charge in [0.1, 0.15) is 23.6 Å². The summed E-state index contributed by atoms with van der Waals surface area (Å²) < 4.78 is 9.56. The van der Waals surface area contributed by atoms with Crippen molar-refractivity contribution in [1.29, 1.82) is 0 Å². The van der Waals surface area contributed by atoms with E-state index in [-0.39, 0.29) is 11.9 Å². The predicted molar refractivity (Wildman–Crippen MR) is 122 cm³/mol. The van der Waals surface area contributed by atoms with Crippen molar-refractivity contribution >= 4 is 12.0 Å². The number of hydrogen-bond acceptors (Lipinski definition) is 5. The third-order valence-electron chi connectivity index (χ3n) is 5.00. The molecule has 1 aromatic carbocycles. The average molecular weight is 431 g/mol. The number of nitrogens with one attached hydrogen (secondary N) is 1. The molecule has 0 saturated heterocycles. The molecule has 164 valence electrons. The van der Waals surface area contributed by atoms with Crippen LogP contribution in [-0.2, 0) is 11.2 Å². The van der Waals surface area contributed by atoms with Gasteiger partial charge in [0.05, 0.1) is 5.69 Å². The minimum absolute atomic E-state index is 0.186. The summed E-state index contributed by atoms with van der Waals surface area (Å²) >= 11 is 0. The maximum Gasteiger partial charge on any atom is 0.244 e. The Morgan fingerprint density at radius 1 is 1.19 bits per heavy atom. The molecule has 32 heavy (non-hydrogen) atoms. The predicted octanol–water partition coefficient (Wildman–Crippen LogP) is 3.99. The molecule has 4 aromatic rings. The van der Waals surface area contributed by atoms with E-state index in [0.717, 1.165) is 22.8 Å². The first-order valence-electron chi connectivity index (χ1n) is 10.6. The number of carbonyl (C=O) groups excluding carboxylic acids is 1. The number of carbonyl (C=O) groups is 1. The van der Waals surface area contributed by atoms with Gasteiger partial charge in [0.2, 0.25) is 5.91 Å². The van der Waals surface area contributed by atoms with E-state index < -0.39 is 0 Å². The van der Waals surface area contributed by atoms with Crippen LogP contribution in [0, 0.1) is 6.92 Å². The monoisotopic (exact) mass is 430 g/mol. The molecule has 0 radical (unpaired) electrons. The first kappa shape index (κ1) is 21.3. The van der Waals surface area contributed by atoms with E-state index in [0.29, 0.717) is 24.4 Å². The Labute approximate surface area is 186 Å². The van der Waals surface area contributed by atoms with Gasteiger partial charge < -0.3 is 14.3 Å². The molecule has 3 aromatic heterocycles. The Morgan fingerprint density at radius 2 is 2.00 bits per heavy atom. The van der Waals surface area contributed by atoms with E-state index in [2.05, 4.69) is 34.5 Å². The number of benzene rings is 1. The van der Waals surface area contributed by atoms with Crippen molar-refractivity contribution in [3.05, 3.63) is 78.2 Å². The van der Waals surface area contributed by atoms with Gasteiger partial charge in [-0.25, -0.2) is 4.68 Å². The van der Waals surface area contributed by atoms with E-state index in [1.807, 2.05) is 60.2 Å². The van der Waals surface area contributed by atoms with E-state index in [1.54, 1.807) is 17.1 Å². The van der Waals surface area contributed by atoms with Crippen molar-refractivity contribution in [2.24, 2.45) is 0 Å². The normalized spacial score (nSPS) is 11.5. The fourth-order valence-corrected chi connectivity index (χ4v) is 3.37. The molecule has 0 unspecified atom stereocenters. The molecule has 1 amide bonds. The van der Waals surface area contributed by atoms with Crippen LogP contribution in [0.15, 0.2) is 65.5 Å². The van der Waals surface area contributed by atoms with Crippen molar-refractivity contribution in [2.45, 2.75) is 33.2 Å². The lowest BCUT2D eigenvalue weighted by atomic mass is 10.2. The van der Waals surface area contributed by atoms with Gasteiger partial charge >= 0.3 is 0 Å². The lowest BCUT2D eigenvalue weighted by Crippen LogP contribution is -2.24. The van der Waals surface area contributed by atoms with E-state index >= 15 is 0 Å². The first-order chi connectivity index (χ1) is 15.5. The van der Waals surface area contributed by atoms with Crippen molar-refractivity contribution in [1.82, 2.24) is 29.9 Å². The van der Waals surface area contributed by atoms with Gasteiger partial charge in [0.15, 0.2) is 5.76 Å². The fourth-order valence-electron chi connectivity index (χ4n) is 3.37. The Kier molecular flexibility index (Phi) is 6.30. The van der Waals surface area contributed by atoms with E-state index in [9.17, 15) is 4.79 Å². The summed E-state index contributed by atoms with van der Waals surface area (Å²) in [4.78, 5) is 12.4. The highest BCUT2D eigenvalue weighted by atomic mass is 16.3. The van der Waals surface area contributed by atoms with Gasteiger partial charge in [-0.2, -0.15) is 5.10 Å². The van der Waals surface area contributed by atoms with Gasteiger partial charge in [-0.05, 0) is 51.1 Å². The minimum atomic E-state index is -0.186. The molecule has 0 saturated carbocycles. The number of hydrogen-bond donors (Lipinski definition) is 1. The molecule has 1 N–H and O–H groups in total. The van der Waals surface area contributed by atoms with Gasteiger partial charge in [0.25, 0.3) is 0 Å². The first-order valence-corrected chi connectivity index (χ1v) is 10.6. The lowest BCUT2D eigenvalue weighted by Gasteiger charge is -2.09. The number of furan rings is 1. The second kappa shape index (κ2) is 9.47. The van der Waals surface area contributed by atoms with Gasteiger partial charge in [-0.1, -0.05) is 18.2 Å². The molecule has 0 bridgehead atoms.